The van der Waals surface area contributed by atoms with Gasteiger partial charge in [-0.3, -0.25) is 5.32 Å². The Kier molecular flexibility index (Phi) is 5.12. The van der Waals surface area contributed by atoms with Crippen LogP contribution in [0.5, 0.6) is 5.75 Å². The van der Waals surface area contributed by atoms with Crippen LogP contribution in [-0.4, -0.2) is 10.5 Å². The van der Waals surface area contributed by atoms with E-state index in [4.69, 9.17) is 4.74 Å². The minimum Gasteiger partial charge on any atom is -0.410 e. The largest absolute Gasteiger partial charge is 0.417 e. The molecule has 4 nitrogen and oxygen atoms in total. The molecule has 2 rings (SSSR count). The topological polar surface area (TPSA) is 51.2 Å². The number of para-hydroxylation sites is 1. The van der Waals surface area contributed by atoms with E-state index in [-0.39, 0.29) is 0 Å². The fourth-order valence-electron chi connectivity index (χ4n) is 1.97. The van der Waals surface area contributed by atoms with Crippen molar-refractivity contribution in [2.24, 2.45) is 0 Å². The number of anilines is 1. The average molecular weight is 290 g/mol. The van der Waals surface area contributed by atoms with E-state index < -0.39 is 6.09 Å². The number of carbonyl (C=O) groups excluding carboxylic acids is 1. The van der Waals surface area contributed by atoms with Crippen molar-refractivity contribution in [1.82, 2.24) is 4.37 Å². The van der Waals surface area contributed by atoms with Crippen LogP contribution < -0.4 is 10.1 Å². The third-order valence-corrected chi connectivity index (χ3v) is 3.83. The summed E-state index contributed by atoms with van der Waals surface area (Å²) >= 11 is 1.29. The zero-order valence-electron chi connectivity index (χ0n) is 11.6. The summed E-state index contributed by atoms with van der Waals surface area (Å²) < 4.78 is 9.56. The molecule has 5 heteroatoms. The first-order valence-corrected chi connectivity index (χ1v) is 7.50. The third-order valence-electron chi connectivity index (χ3n) is 3.11. The Morgan fingerprint density at radius 1 is 1.30 bits per heavy atom. The third kappa shape index (κ3) is 3.81. The first-order chi connectivity index (χ1) is 9.72. The Hall–Kier alpha value is -1.88. The average Bonchev–Trinajstić information content (AvgIpc) is 2.89. The lowest BCUT2D eigenvalue weighted by Crippen LogP contribution is -2.15. The number of hydrogen-bond acceptors (Lipinski definition) is 4. The maximum atomic E-state index is 11.7. The van der Waals surface area contributed by atoms with Gasteiger partial charge in [0.2, 0.25) is 0 Å². The van der Waals surface area contributed by atoms with Crippen LogP contribution >= 0.6 is 11.5 Å². The Bertz CT molecular complexity index is 550. The van der Waals surface area contributed by atoms with Crippen molar-refractivity contribution < 1.29 is 9.53 Å². The molecule has 0 fully saturated rings. The highest BCUT2D eigenvalue weighted by Gasteiger charge is 2.13. The predicted octanol–water partition coefficient (Wildman–Crippen LogP) is 4.66. The summed E-state index contributed by atoms with van der Waals surface area (Å²) in [5.74, 6) is 0.974. The lowest BCUT2D eigenvalue weighted by atomic mass is 10.00. The minimum atomic E-state index is -0.490. The van der Waals surface area contributed by atoms with Crippen LogP contribution in [0, 0.1) is 0 Å². The zero-order chi connectivity index (χ0) is 14.4. The van der Waals surface area contributed by atoms with Gasteiger partial charge in [0.25, 0.3) is 0 Å². The predicted molar refractivity (Wildman–Crippen MR) is 81.5 cm³/mol. The summed E-state index contributed by atoms with van der Waals surface area (Å²) in [6.45, 7) is 4.29. The van der Waals surface area contributed by atoms with E-state index >= 15 is 0 Å². The van der Waals surface area contributed by atoms with Crippen molar-refractivity contribution in [3.63, 3.8) is 0 Å². The summed E-state index contributed by atoms with van der Waals surface area (Å²) in [5, 5.41) is 3.42. The summed E-state index contributed by atoms with van der Waals surface area (Å²) in [5.41, 5.74) is 1.04. The molecule has 0 saturated carbocycles. The normalized spacial score (nSPS) is 10.6. The van der Waals surface area contributed by atoms with Crippen molar-refractivity contribution in [3.05, 3.63) is 42.1 Å². The van der Waals surface area contributed by atoms with E-state index in [9.17, 15) is 4.79 Å². The lowest BCUT2D eigenvalue weighted by Gasteiger charge is -2.07. The molecule has 1 aromatic carbocycles. The number of nitrogens with zero attached hydrogens (tertiary/aromatic N) is 1. The summed E-state index contributed by atoms with van der Waals surface area (Å²) in [7, 11) is 0. The van der Waals surface area contributed by atoms with Gasteiger partial charge in [0.1, 0.15) is 10.8 Å². The molecule has 106 valence electrons. The van der Waals surface area contributed by atoms with Gasteiger partial charge in [-0.1, -0.05) is 32.0 Å². The molecule has 1 aromatic heterocycles. The van der Waals surface area contributed by atoms with E-state index in [1.807, 2.05) is 24.3 Å². The second-order valence-corrected chi connectivity index (χ2v) is 5.26. The number of aromatic nitrogens is 1. The second kappa shape index (κ2) is 7.05. The van der Waals surface area contributed by atoms with Gasteiger partial charge in [0.15, 0.2) is 0 Å². The highest BCUT2D eigenvalue weighted by molar-refractivity contribution is 7.10. The Labute approximate surface area is 123 Å². The number of benzene rings is 1. The molecule has 0 bridgehead atoms. The smallest absolute Gasteiger partial charge is 0.410 e. The van der Waals surface area contributed by atoms with Crippen molar-refractivity contribution in [2.45, 2.75) is 32.6 Å². The van der Waals surface area contributed by atoms with Gasteiger partial charge in [0.05, 0.1) is 5.69 Å². The molecule has 0 atom stereocenters. The Morgan fingerprint density at radius 2 is 2.00 bits per heavy atom. The fourth-order valence-corrected chi connectivity index (χ4v) is 2.68. The van der Waals surface area contributed by atoms with E-state index in [2.05, 4.69) is 23.5 Å². The zero-order valence-corrected chi connectivity index (χ0v) is 12.4. The first-order valence-electron chi connectivity index (χ1n) is 6.73. The van der Waals surface area contributed by atoms with Gasteiger partial charge in [-0.2, -0.15) is 4.37 Å². The van der Waals surface area contributed by atoms with Crippen LogP contribution in [0.2, 0.25) is 0 Å². The number of amides is 1. The molecule has 2 aromatic rings. The molecule has 0 spiro atoms. The highest BCUT2D eigenvalue weighted by Crippen LogP contribution is 2.27. The Morgan fingerprint density at radius 3 is 2.65 bits per heavy atom. The monoisotopic (exact) mass is 290 g/mol. The Balaban J connectivity index is 1.95. The van der Waals surface area contributed by atoms with Gasteiger partial charge in [-0.15, -0.1) is 0 Å². The van der Waals surface area contributed by atoms with E-state index in [0.717, 1.165) is 18.5 Å². The molecular weight excluding hydrogens is 272 g/mol. The van der Waals surface area contributed by atoms with Gasteiger partial charge >= 0.3 is 6.09 Å². The van der Waals surface area contributed by atoms with Crippen LogP contribution in [0.3, 0.4) is 0 Å². The molecule has 0 aliphatic rings. The summed E-state index contributed by atoms with van der Waals surface area (Å²) in [4.78, 5) is 11.7. The maximum Gasteiger partial charge on any atom is 0.417 e. The molecular formula is C15H18N2O2S. The van der Waals surface area contributed by atoms with Crippen molar-refractivity contribution in [1.29, 1.82) is 0 Å². The van der Waals surface area contributed by atoms with Crippen LogP contribution in [0.1, 0.15) is 38.3 Å². The van der Waals surface area contributed by atoms with Crippen molar-refractivity contribution in [3.8, 4) is 5.75 Å². The second-order valence-electron chi connectivity index (χ2n) is 4.46. The van der Waals surface area contributed by atoms with Gasteiger partial charge in [-0.05, 0) is 42.6 Å². The van der Waals surface area contributed by atoms with Gasteiger partial charge < -0.3 is 4.74 Å². The SMILES string of the molecule is CCC(CC)c1cc(NC(=O)Oc2ccccc2)sn1. The van der Waals surface area contributed by atoms with Gasteiger partial charge in [-0.25, -0.2) is 4.79 Å². The molecule has 0 aliphatic heterocycles. The van der Waals surface area contributed by atoms with Crippen LogP contribution in [0.25, 0.3) is 0 Å². The molecule has 1 amide bonds. The van der Waals surface area contributed by atoms with Crippen LogP contribution in [0.4, 0.5) is 9.80 Å². The molecule has 0 unspecified atom stereocenters. The van der Waals surface area contributed by atoms with Crippen molar-refractivity contribution in [2.75, 3.05) is 5.32 Å². The first kappa shape index (κ1) is 14.5. The fraction of sp³-hybridized carbons (Fsp3) is 0.333. The molecule has 1 N–H and O–H groups in total. The highest BCUT2D eigenvalue weighted by atomic mass is 32.1. The van der Waals surface area contributed by atoms with E-state index in [1.165, 1.54) is 11.5 Å². The standard InChI is InChI=1S/C15H18N2O2S/c1-3-11(4-2)13-10-14(20-17-13)16-15(18)19-12-8-6-5-7-9-12/h5-11H,3-4H2,1-2H3,(H,16,18). The quantitative estimate of drug-likeness (QED) is 0.871. The number of rotatable bonds is 5. The summed E-state index contributed by atoms with van der Waals surface area (Å²) in [6, 6.07) is 10.9. The van der Waals surface area contributed by atoms with Crippen molar-refractivity contribution >= 4 is 22.6 Å². The van der Waals surface area contributed by atoms with Crippen LogP contribution in [-0.2, 0) is 0 Å². The molecule has 20 heavy (non-hydrogen) atoms. The maximum absolute atomic E-state index is 11.7. The molecule has 0 saturated heterocycles. The van der Waals surface area contributed by atoms with Crippen LogP contribution in [0.15, 0.2) is 36.4 Å². The molecule has 0 radical (unpaired) electrons. The minimum absolute atomic E-state index is 0.451. The molecule has 0 aliphatic carbocycles. The number of ether oxygens (including phenoxy) is 1. The molecule has 1 heterocycles. The summed E-state index contributed by atoms with van der Waals surface area (Å²) in [6.07, 6.45) is 1.61. The number of hydrogen-bond donors (Lipinski definition) is 1. The van der Waals surface area contributed by atoms with E-state index in [0.29, 0.717) is 16.7 Å². The number of carbonyl (C=O) groups is 1. The lowest BCUT2D eigenvalue weighted by molar-refractivity contribution is 0.215. The van der Waals surface area contributed by atoms with Gasteiger partial charge in [0, 0.05) is 5.92 Å². The van der Waals surface area contributed by atoms with E-state index in [1.54, 1.807) is 12.1 Å². The number of nitrogens with one attached hydrogen (secondary N) is 1.